The molecule has 1 aliphatic heterocycles. The number of nitrogens with two attached hydrogens (primary N) is 1. The van der Waals surface area contributed by atoms with E-state index < -0.39 is 0 Å². The minimum absolute atomic E-state index is 0.0637. The van der Waals surface area contributed by atoms with Crippen LogP contribution < -0.4 is 10.6 Å². The highest BCUT2D eigenvalue weighted by Gasteiger charge is 2.32. The molecule has 5 heteroatoms. The molecule has 0 amide bonds. The largest absolute Gasteiger partial charge is 0.394 e. The number of hydrogen-bond acceptors (Lipinski definition) is 3. The van der Waals surface area contributed by atoms with E-state index in [9.17, 15) is 5.11 Å². The average Bonchev–Trinajstić information content (AvgIpc) is 2.69. The molecular formula is C13H18BrN3O. The zero-order chi connectivity index (χ0) is 13.3. The molecule has 2 unspecified atom stereocenters. The number of hydrogen-bond donors (Lipinski definition) is 3. The van der Waals surface area contributed by atoms with E-state index in [-0.39, 0.29) is 18.5 Å². The van der Waals surface area contributed by atoms with Crippen LogP contribution in [0.25, 0.3) is 0 Å². The summed E-state index contributed by atoms with van der Waals surface area (Å²) in [5.41, 5.74) is 7.29. The van der Waals surface area contributed by atoms with E-state index >= 15 is 0 Å². The first-order valence-electron chi connectivity index (χ1n) is 6.06. The van der Waals surface area contributed by atoms with E-state index in [2.05, 4.69) is 27.8 Å². The van der Waals surface area contributed by atoms with Gasteiger partial charge in [-0.05, 0) is 30.5 Å². The maximum Gasteiger partial charge on any atom is 0.124 e. The Balaban J connectivity index is 2.43. The molecule has 1 fully saturated rings. The lowest BCUT2D eigenvalue weighted by molar-refractivity contribution is 0.244. The van der Waals surface area contributed by atoms with E-state index in [0.29, 0.717) is 5.92 Å². The Morgan fingerprint density at radius 2 is 2.33 bits per heavy atom. The fraction of sp³-hybridized carbons (Fsp3) is 0.462. The molecule has 0 spiro atoms. The van der Waals surface area contributed by atoms with Crippen LogP contribution in [-0.2, 0) is 0 Å². The van der Waals surface area contributed by atoms with Gasteiger partial charge in [0.2, 0.25) is 0 Å². The highest BCUT2D eigenvalue weighted by molar-refractivity contribution is 9.10. The molecule has 0 radical (unpaired) electrons. The van der Waals surface area contributed by atoms with Gasteiger partial charge in [0.25, 0.3) is 0 Å². The summed E-state index contributed by atoms with van der Waals surface area (Å²) in [6.07, 6.45) is 1.05. The van der Waals surface area contributed by atoms with Gasteiger partial charge in [0.15, 0.2) is 0 Å². The Morgan fingerprint density at radius 1 is 1.61 bits per heavy atom. The van der Waals surface area contributed by atoms with E-state index in [1.54, 1.807) is 0 Å². The van der Waals surface area contributed by atoms with Gasteiger partial charge in [0.1, 0.15) is 5.84 Å². The Kier molecular flexibility index (Phi) is 3.92. The van der Waals surface area contributed by atoms with Crippen LogP contribution in [0.3, 0.4) is 0 Å². The first kappa shape index (κ1) is 13.4. The van der Waals surface area contributed by atoms with E-state index in [4.69, 9.17) is 11.1 Å². The Labute approximate surface area is 115 Å². The lowest BCUT2D eigenvalue weighted by Gasteiger charge is -2.29. The van der Waals surface area contributed by atoms with E-state index in [1.165, 1.54) is 0 Å². The number of aliphatic hydroxyl groups excluding tert-OH is 1. The van der Waals surface area contributed by atoms with Crippen LogP contribution in [0.5, 0.6) is 0 Å². The molecule has 0 aliphatic carbocycles. The third kappa shape index (κ3) is 2.37. The van der Waals surface area contributed by atoms with Crippen molar-refractivity contribution in [3.05, 3.63) is 28.2 Å². The third-order valence-electron chi connectivity index (χ3n) is 3.63. The normalized spacial score (nSPS) is 23.4. The summed E-state index contributed by atoms with van der Waals surface area (Å²) in [6.45, 7) is 3.17. The molecule has 1 aromatic rings. The summed E-state index contributed by atoms with van der Waals surface area (Å²) < 4.78 is 0.957. The Bertz CT molecular complexity index is 464. The van der Waals surface area contributed by atoms with Crippen LogP contribution >= 0.6 is 15.9 Å². The van der Waals surface area contributed by atoms with Crippen LogP contribution in [-0.4, -0.2) is 30.1 Å². The highest BCUT2D eigenvalue weighted by atomic mass is 79.9. The van der Waals surface area contributed by atoms with Gasteiger partial charge in [-0.25, -0.2) is 0 Å². The monoisotopic (exact) mass is 311 g/mol. The molecule has 1 aliphatic rings. The SMILES string of the molecule is CC1CCN(c2cc(Br)ccc2C(=N)N)C1CO. The van der Waals surface area contributed by atoms with Crippen molar-refractivity contribution in [2.75, 3.05) is 18.1 Å². The standard InChI is InChI=1S/C13H18BrN3O/c1-8-4-5-17(12(8)7-18)11-6-9(14)2-3-10(11)13(15)16/h2-3,6,8,12,18H,4-5,7H2,1H3,(H3,15,16). The van der Waals surface area contributed by atoms with Crippen LogP contribution in [0.15, 0.2) is 22.7 Å². The zero-order valence-corrected chi connectivity index (χ0v) is 11.9. The number of nitrogens with one attached hydrogen (secondary N) is 1. The minimum Gasteiger partial charge on any atom is -0.394 e. The molecular weight excluding hydrogens is 294 g/mol. The van der Waals surface area contributed by atoms with Gasteiger partial charge in [0.05, 0.1) is 12.6 Å². The molecule has 1 aromatic carbocycles. The highest BCUT2D eigenvalue weighted by Crippen LogP contribution is 2.33. The summed E-state index contributed by atoms with van der Waals surface area (Å²) in [7, 11) is 0. The van der Waals surface area contributed by atoms with Crippen molar-refractivity contribution in [2.45, 2.75) is 19.4 Å². The Hall–Kier alpha value is -1.07. The summed E-state index contributed by atoms with van der Waals surface area (Å²) >= 11 is 3.45. The molecule has 2 atom stereocenters. The number of anilines is 1. The van der Waals surface area contributed by atoms with Gasteiger partial charge in [-0.3, -0.25) is 5.41 Å². The smallest absolute Gasteiger partial charge is 0.124 e. The molecule has 0 bridgehead atoms. The molecule has 1 heterocycles. The lowest BCUT2D eigenvalue weighted by Crippen LogP contribution is -2.36. The number of rotatable bonds is 3. The maximum atomic E-state index is 9.53. The average molecular weight is 312 g/mol. The molecule has 0 saturated carbocycles. The number of amidine groups is 1. The lowest BCUT2D eigenvalue weighted by atomic mass is 10.0. The van der Waals surface area contributed by atoms with E-state index in [0.717, 1.165) is 28.7 Å². The van der Waals surface area contributed by atoms with Gasteiger partial charge in [-0.2, -0.15) is 0 Å². The van der Waals surface area contributed by atoms with Gasteiger partial charge in [-0.15, -0.1) is 0 Å². The second-order valence-corrected chi connectivity index (χ2v) is 5.70. The first-order valence-corrected chi connectivity index (χ1v) is 6.85. The van der Waals surface area contributed by atoms with Crippen LogP contribution in [0.1, 0.15) is 18.9 Å². The Morgan fingerprint density at radius 3 is 2.94 bits per heavy atom. The van der Waals surface area contributed by atoms with Gasteiger partial charge in [-0.1, -0.05) is 22.9 Å². The van der Waals surface area contributed by atoms with Crippen LogP contribution in [0, 0.1) is 11.3 Å². The second-order valence-electron chi connectivity index (χ2n) is 4.78. The molecule has 0 aromatic heterocycles. The molecule has 2 rings (SSSR count). The van der Waals surface area contributed by atoms with Gasteiger partial charge >= 0.3 is 0 Å². The van der Waals surface area contributed by atoms with Crippen molar-refractivity contribution in [1.29, 1.82) is 5.41 Å². The number of aliphatic hydroxyl groups is 1. The quantitative estimate of drug-likeness (QED) is 0.590. The number of benzene rings is 1. The van der Waals surface area contributed by atoms with Crippen molar-refractivity contribution in [2.24, 2.45) is 11.7 Å². The number of nitrogen functional groups attached to an aromatic ring is 1. The van der Waals surface area contributed by atoms with Crippen molar-refractivity contribution < 1.29 is 5.11 Å². The summed E-state index contributed by atoms with van der Waals surface area (Å²) in [5, 5.41) is 17.2. The van der Waals surface area contributed by atoms with E-state index in [1.807, 2.05) is 18.2 Å². The fourth-order valence-corrected chi connectivity index (χ4v) is 2.90. The first-order chi connectivity index (χ1) is 8.54. The molecule has 1 saturated heterocycles. The topological polar surface area (TPSA) is 73.3 Å². The van der Waals surface area contributed by atoms with Crippen molar-refractivity contribution in [3.63, 3.8) is 0 Å². The van der Waals surface area contributed by atoms with Crippen LogP contribution in [0.2, 0.25) is 0 Å². The predicted octanol–water partition coefficient (Wildman–Crippen LogP) is 1.94. The molecule has 98 valence electrons. The summed E-state index contributed by atoms with van der Waals surface area (Å²) in [4.78, 5) is 2.16. The fourth-order valence-electron chi connectivity index (χ4n) is 2.56. The van der Waals surface area contributed by atoms with Crippen LogP contribution in [0.4, 0.5) is 5.69 Å². The third-order valence-corrected chi connectivity index (χ3v) is 4.12. The number of nitrogens with zero attached hydrogens (tertiary/aromatic N) is 1. The summed E-state index contributed by atoms with van der Waals surface area (Å²) in [6, 6.07) is 5.81. The van der Waals surface area contributed by atoms with Gasteiger partial charge < -0.3 is 15.7 Å². The molecule has 4 nitrogen and oxygen atoms in total. The minimum atomic E-state index is 0.0637. The molecule has 18 heavy (non-hydrogen) atoms. The zero-order valence-electron chi connectivity index (χ0n) is 10.4. The predicted molar refractivity (Wildman–Crippen MR) is 77.2 cm³/mol. The number of halogens is 1. The van der Waals surface area contributed by atoms with Gasteiger partial charge in [0, 0.05) is 22.3 Å². The van der Waals surface area contributed by atoms with Crippen molar-refractivity contribution in [3.8, 4) is 0 Å². The summed E-state index contributed by atoms with van der Waals surface area (Å²) in [5.74, 6) is 0.516. The maximum absolute atomic E-state index is 9.53. The molecule has 4 N–H and O–H groups in total. The second kappa shape index (κ2) is 5.28. The van der Waals surface area contributed by atoms with Crippen molar-refractivity contribution in [1.82, 2.24) is 0 Å². The van der Waals surface area contributed by atoms with Crippen molar-refractivity contribution >= 4 is 27.5 Å².